The molecule has 0 saturated heterocycles. The molecule has 0 aliphatic heterocycles. The predicted octanol–water partition coefficient (Wildman–Crippen LogP) is 3.92. The molecule has 1 amide bonds. The summed E-state index contributed by atoms with van der Waals surface area (Å²) < 4.78 is 19.2. The average molecular weight is 400 g/mol. The van der Waals surface area contributed by atoms with E-state index in [2.05, 4.69) is 0 Å². The van der Waals surface area contributed by atoms with Gasteiger partial charge in [0.05, 0.1) is 0 Å². The zero-order valence-electron chi connectivity index (χ0n) is 15.9. The Labute approximate surface area is 166 Å². The number of hydrogen-bond donors (Lipinski definition) is 0. The summed E-state index contributed by atoms with van der Waals surface area (Å²) in [5.41, 5.74) is 2.06. The average Bonchev–Trinajstić information content (AvgIpc) is 3.09. The molecule has 0 bridgehead atoms. The van der Waals surface area contributed by atoms with Crippen LogP contribution in [0.25, 0.3) is 10.1 Å². The Hall–Kier alpha value is -2.93. The van der Waals surface area contributed by atoms with Crippen LogP contribution in [0.5, 0.6) is 0 Å². The predicted molar refractivity (Wildman–Crippen MR) is 109 cm³/mol. The molecule has 0 spiro atoms. The van der Waals surface area contributed by atoms with Crippen molar-refractivity contribution in [2.45, 2.75) is 6.54 Å². The molecule has 0 N–H and O–H groups in total. The number of anilines is 1. The molecule has 3 aromatic rings. The second kappa shape index (κ2) is 8.39. The molecule has 146 valence electrons. The van der Waals surface area contributed by atoms with Crippen molar-refractivity contribution in [2.24, 2.45) is 0 Å². The summed E-state index contributed by atoms with van der Waals surface area (Å²) in [6.07, 6.45) is 0. The molecule has 0 radical (unpaired) electrons. The molecular weight excluding hydrogens is 379 g/mol. The van der Waals surface area contributed by atoms with Gasteiger partial charge in [0.25, 0.3) is 5.91 Å². The largest absolute Gasteiger partial charge is 0.451 e. The van der Waals surface area contributed by atoms with E-state index in [0.717, 1.165) is 16.0 Å². The maximum absolute atomic E-state index is 13.3. The van der Waals surface area contributed by atoms with Gasteiger partial charge in [0, 0.05) is 38.1 Å². The number of hydrogen-bond acceptors (Lipinski definition) is 5. The highest BCUT2D eigenvalue weighted by atomic mass is 32.1. The number of amides is 1. The quantitative estimate of drug-likeness (QED) is 0.589. The van der Waals surface area contributed by atoms with Gasteiger partial charge in [0.15, 0.2) is 6.61 Å². The van der Waals surface area contributed by atoms with E-state index in [4.69, 9.17) is 4.74 Å². The fourth-order valence-electron chi connectivity index (χ4n) is 2.68. The molecule has 0 unspecified atom stereocenters. The lowest BCUT2D eigenvalue weighted by atomic mass is 10.2. The van der Waals surface area contributed by atoms with Crippen molar-refractivity contribution in [1.29, 1.82) is 0 Å². The van der Waals surface area contributed by atoms with Crippen molar-refractivity contribution < 1.29 is 18.7 Å². The number of rotatable bonds is 6. The molecular formula is C21H21FN2O3S. The SMILES string of the molecule is CN(Cc1ccc(N(C)C)cc1)C(=O)COC(=O)c1cc2cc(F)ccc2s1. The molecule has 0 atom stereocenters. The van der Waals surface area contributed by atoms with Gasteiger partial charge >= 0.3 is 5.97 Å². The summed E-state index contributed by atoms with van der Waals surface area (Å²) in [5, 5.41) is 0.640. The Morgan fingerprint density at radius 2 is 1.75 bits per heavy atom. The Morgan fingerprint density at radius 3 is 2.43 bits per heavy atom. The minimum absolute atomic E-state index is 0.294. The van der Waals surface area contributed by atoms with Crippen LogP contribution in [-0.2, 0) is 16.1 Å². The molecule has 0 aliphatic rings. The van der Waals surface area contributed by atoms with E-state index in [-0.39, 0.29) is 18.3 Å². The van der Waals surface area contributed by atoms with Gasteiger partial charge in [0.1, 0.15) is 10.7 Å². The standard InChI is InChI=1S/C21H21FN2O3S/c1-23(2)17-7-4-14(5-8-17)12-24(3)20(25)13-27-21(26)19-11-15-10-16(22)6-9-18(15)28-19/h4-11H,12-13H2,1-3H3. The van der Waals surface area contributed by atoms with Crippen LogP contribution >= 0.6 is 11.3 Å². The number of nitrogens with zero attached hydrogens (tertiary/aromatic N) is 2. The minimum Gasteiger partial charge on any atom is -0.451 e. The number of benzene rings is 2. The fraction of sp³-hybridized carbons (Fsp3) is 0.238. The first-order chi connectivity index (χ1) is 13.3. The molecule has 0 aliphatic carbocycles. The van der Waals surface area contributed by atoms with E-state index in [0.29, 0.717) is 16.8 Å². The maximum atomic E-state index is 13.3. The summed E-state index contributed by atoms with van der Waals surface area (Å²) in [6, 6.07) is 13.8. The number of fused-ring (bicyclic) bond motifs is 1. The van der Waals surface area contributed by atoms with Gasteiger partial charge in [0.2, 0.25) is 0 Å². The first-order valence-electron chi connectivity index (χ1n) is 8.70. The minimum atomic E-state index is -0.585. The van der Waals surface area contributed by atoms with E-state index in [1.807, 2.05) is 43.3 Å². The smallest absolute Gasteiger partial charge is 0.348 e. The van der Waals surface area contributed by atoms with Crippen molar-refractivity contribution >= 4 is 39.0 Å². The number of halogens is 1. The van der Waals surface area contributed by atoms with Crippen molar-refractivity contribution in [3.05, 3.63) is 64.8 Å². The third kappa shape index (κ3) is 4.67. The Bertz CT molecular complexity index is 999. The number of thiophene rings is 1. The highest BCUT2D eigenvalue weighted by Gasteiger charge is 2.16. The second-order valence-corrected chi connectivity index (χ2v) is 7.76. The van der Waals surface area contributed by atoms with Gasteiger partial charge in [-0.1, -0.05) is 12.1 Å². The lowest BCUT2D eigenvalue weighted by molar-refractivity contribution is -0.133. The topological polar surface area (TPSA) is 49.9 Å². The van der Waals surface area contributed by atoms with Gasteiger partial charge in [-0.25, -0.2) is 9.18 Å². The zero-order chi connectivity index (χ0) is 20.3. The van der Waals surface area contributed by atoms with Crippen molar-refractivity contribution in [3.63, 3.8) is 0 Å². The van der Waals surface area contributed by atoms with Crippen molar-refractivity contribution in [1.82, 2.24) is 4.90 Å². The number of esters is 1. The van der Waals surface area contributed by atoms with Crippen LogP contribution in [0.2, 0.25) is 0 Å². The summed E-state index contributed by atoms with van der Waals surface area (Å²) in [4.78, 5) is 28.3. The van der Waals surface area contributed by atoms with E-state index >= 15 is 0 Å². The van der Waals surface area contributed by atoms with Gasteiger partial charge in [-0.05, 0) is 47.3 Å². The van der Waals surface area contributed by atoms with E-state index in [1.54, 1.807) is 19.2 Å². The van der Waals surface area contributed by atoms with Crippen LogP contribution in [0.1, 0.15) is 15.2 Å². The van der Waals surface area contributed by atoms with E-state index < -0.39 is 5.97 Å². The molecule has 28 heavy (non-hydrogen) atoms. The number of carbonyl (C=O) groups is 2. The monoisotopic (exact) mass is 400 g/mol. The molecule has 1 heterocycles. The molecule has 7 heteroatoms. The van der Waals surface area contributed by atoms with Crippen LogP contribution in [-0.4, -0.2) is 44.5 Å². The molecule has 1 aromatic heterocycles. The summed E-state index contributed by atoms with van der Waals surface area (Å²) in [5.74, 6) is -1.24. The second-order valence-electron chi connectivity index (χ2n) is 6.68. The van der Waals surface area contributed by atoms with Gasteiger partial charge in [-0.15, -0.1) is 11.3 Å². The van der Waals surface area contributed by atoms with Crippen molar-refractivity contribution in [3.8, 4) is 0 Å². The highest BCUT2D eigenvalue weighted by Crippen LogP contribution is 2.26. The third-order valence-corrected chi connectivity index (χ3v) is 5.40. The number of ether oxygens (including phenoxy) is 1. The normalized spacial score (nSPS) is 10.7. The Morgan fingerprint density at radius 1 is 1.04 bits per heavy atom. The van der Waals surface area contributed by atoms with Crippen LogP contribution in [0.3, 0.4) is 0 Å². The lowest BCUT2D eigenvalue weighted by Gasteiger charge is -2.18. The fourth-order valence-corrected chi connectivity index (χ4v) is 3.62. The molecule has 5 nitrogen and oxygen atoms in total. The van der Waals surface area contributed by atoms with E-state index in [9.17, 15) is 14.0 Å². The molecule has 3 rings (SSSR count). The van der Waals surface area contributed by atoms with Crippen LogP contribution in [0.15, 0.2) is 48.5 Å². The van der Waals surface area contributed by atoms with Crippen molar-refractivity contribution in [2.75, 3.05) is 32.6 Å². The van der Waals surface area contributed by atoms with Crippen LogP contribution in [0, 0.1) is 5.82 Å². The number of likely N-dealkylation sites (N-methyl/N-ethyl adjacent to an activating group) is 1. The van der Waals surface area contributed by atoms with Crippen LogP contribution < -0.4 is 4.90 Å². The first-order valence-corrected chi connectivity index (χ1v) is 9.51. The Kier molecular flexibility index (Phi) is 5.94. The summed E-state index contributed by atoms with van der Waals surface area (Å²) in [7, 11) is 5.59. The first kappa shape index (κ1) is 19.8. The Balaban J connectivity index is 1.55. The maximum Gasteiger partial charge on any atom is 0.348 e. The van der Waals surface area contributed by atoms with E-state index in [1.165, 1.54) is 28.4 Å². The molecule has 0 saturated carbocycles. The molecule has 2 aromatic carbocycles. The zero-order valence-corrected chi connectivity index (χ0v) is 16.8. The van der Waals surface area contributed by atoms with Gasteiger partial charge < -0.3 is 14.5 Å². The third-order valence-electron chi connectivity index (χ3n) is 4.30. The van der Waals surface area contributed by atoms with Gasteiger partial charge in [-0.3, -0.25) is 4.79 Å². The van der Waals surface area contributed by atoms with Crippen LogP contribution in [0.4, 0.5) is 10.1 Å². The molecule has 0 fully saturated rings. The lowest BCUT2D eigenvalue weighted by Crippen LogP contribution is -2.30. The van der Waals surface area contributed by atoms with Gasteiger partial charge in [-0.2, -0.15) is 0 Å². The number of carbonyl (C=O) groups excluding carboxylic acids is 2. The highest BCUT2D eigenvalue weighted by molar-refractivity contribution is 7.20. The summed E-state index contributed by atoms with van der Waals surface area (Å²) >= 11 is 1.21. The summed E-state index contributed by atoms with van der Waals surface area (Å²) in [6.45, 7) is 0.0833.